The number of ether oxygens (including phenoxy) is 2. The minimum atomic E-state index is 0.169. The van der Waals surface area contributed by atoms with Crippen LogP contribution in [-0.2, 0) is 6.61 Å². The van der Waals surface area contributed by atoms with Crippen molar-refractivity contribution in [3.63, 3.8) is 0 Å². The monoisotopic (exact) mass is 557 g/mol. The number of allylic oxidation sites excluding steroid dienone is 2. The van der Waals surface area contributed by atoms with E-state index in [-0.39, 0.29) is 6.04 Å². The molecule has 0 amide bonds. The fourth-order valence-electron chi connectivity index (χ4n) is 5.09. The van der Waals surface area contributed by atoms with E-state index >= 15 is 0 Å². The number of aryl methyl sites for hydroxylation is 1. The third-order valence-corrected chi connectivity index (χ3v) is 8.37. The second-order valence-electron chi connectivity index (χ2n) is 9.02. The summed E-state index contributed by atoms with van der Waals surface area (Å²) in [5.41, 5.74) is 7.38. The van der Waals surface area contributed by atoms with Crippen LogP contribution in [0.2, 0.25) is 10.0 Å². The molecular formula is C28H26BrCl2NO2. The Balaban J connectivity index is 1.47. The third kappa shape index (κ3) is 4.21. The van der Waals surface area contributed by atoms with E-state index in [0.29, 0.717) is 40.0 Å². The first-order chi connectivity index (χ1) is 16.4. The van der Waals surface area contributed by atoms with Gasteiger partial charge in [-0.25, -0.2) is 0 Å². The Labute approximate surface area is 219 Å². The molecule has 0 saturated carbocycles. The van der Waals surface area contributed by atoms with Gasteiger partial charge in [-0.15, -0.1) is 0 Å². The van der Waals surface area contributed by atoms with Crippen LogP contribution in [0.1, 0.15) is 46.2 Å². The molecule has 0 unspecified atom stereocenters. The van der Waals surface area contributed by atoms with Crippen LogP contribution >= 0.6 is 39.1 Å². The van der Waals surface area contributed by atoms with Crippen LogP contribution < -0.4 is 14.8 Å². The zero-order valence-corrected chi connectivity index (χ0v) is 22.4. The highest BCUT2D eigenvalue weighted by Gasteiger charge is 2.39. The highest BCUT2D eigenvalue weighted by molar-refractivity contribution is 9.10. The maximum absolute atomic E-state index is 6.16. The van der Waals surface area contributed by atoms with Crippen molar-refractivity contribution in [1.29, 1.82) is 0 Å². The average Bonchev–Trinajstić information content (AvgIpc) is 3.32. The molecule has 1 N–H and O–H groups in total. The predicted molar refractivity (Wildman–Crippen MR) is 144 cm³/mol. The summed E-state index contributed by atoms with van der Waals surface area (Å²) in [6.07, 6.45) is 5.73. The molecule has 0 bridgehead atoms. The van der Waals surface area contributed by atoms with Crippen molar-refractivity contribution in [2.75, 3.05) is 12.4 Å². The number of methoxy groups -OCH3 is 1. The molecule has 34 heavy (non-hydrogen) atoms. The van der Waals surface area contributed by atoms with Crippen molar-refractivity contribution in [3.05, 3.63) is 97.0 Å². The zero-order valence-electron chi connectivity index (χ0n) is 19.3. The summed E-state index contributed by atoms with van der Waals surface area (Å²) in [4.78, 5) is 0. The van der Waals surface area contributed by atoms with E-state index in [2.05, 4.69) is 71.5 Å². The number of anilines is 1. The molecule has 3 atom stereocenters. The molecule has 0 fully saturated rings. The van der Waals surface area contributed by atoms with Crippen LogP contribution in [0.25, 0.3) is 0 Å². The van der Waals surface area contributed by atoms with Crippen molar-refractivity contribution in [2.45, 2.75) is 38.8 Å². The van der Waals surface area contributed by atoms with Crippen LogP contribution in [0, 0.1) is 19.8 Å². The van der Waals surface area contributed by atoms with Gasteiger partial charge in [-0.05, 0) is 94.2 Å². The quantitative estimate of drug-likeness (QED) is 0.317. The fourth-order valence-corrected chi connectivity index (χ4v) is 5.99. The molecule has 6 heteroatoms. The van der Waals surface area contributed by atoms with Gasteiger partial charge in [0, 0.05) is 11.6 Å². The number of nitrogens with one attached hydrogen (secondary N) is 1. The second-order valence-corrected chi connectivity index (χ2v) is 10.7. The summed E-state index contributed by atoms with van der Waals surface area (Å²) in [7, 11) is 1.68. The van der Waals surface area contributed by atoms with E-state index in [0.717, 1.165) is 16.5 Å². The molecule has 3 aromatic carbocycles. The molecular weight excluding hydrogens is 533 g/mol. The summed E-state index contributed by atoms with van der Waals surface area (Å²) in [5, 5.41) is 4.92. The van der Waals surface area contributed by atoms with Crippen molar-refractivity contribution >= 4 is 44.8 Å². The number of halogens is 3. The van der Waals surface area contributed by atoms with Crippen molar-refractivity contribution in [2.24, 2.45) is 5.92 Å². The molecule has 0 saturated heterocycles. The number of rotatable bonds is 5. The van der Waals surface area contributed by atoms with Crippen molar-refractivity contribution in [3.8, 4) is 11.5 Å². The largest absolute Gasteiger partial charge is 0.493 e. The topological polar surface area (TPSA) is 30.5 Å². The lowest BCUT2D eigenvalue weighted by molar-refractivity contribution is 0.282. The van der Waals surface area contributed by atoms with Gasteiger partial charge in [-0.2, -0.15) is 0 Å². The molecule has 0 spiro atoms. The molecule has 3 aromatic rings. The van der Waals surface area contributed by atoms with Gasteiger partial charge in [0.2, 0.25) is 0 Å². The SMILES string of the molecule is COc1cc([C@@H]2Nc3c(ccc(C)c3C)[C@@H]3C=CC[C@@H]32)cc(Br)c1OCc1ccc(Cl)c(Cl)c1. The maximum Gasteiger partial charge on any atom is 0.175 e. The Kier molecular flexibility index (Phi) is 6.58. The van der Waals surface area contributed by atoms with E-state index in [9.17, 15) is 0 Å². The van der Waals surface area contributed by atoms with Gasteiger partial charge >= 0.3 is 0 Å². The fraction of sp³-hybridized carbons (Fsp3) is 0.286. The molecule has 1 heterocycles. The average molecular weight is 559 g/mol. The van der Waals surface area contributed by atoms with Gasteiger partial charge in [-0.1, -0.05) is 53.6 Å². The van der Waals surface area contributed by atoms with E-state index in [1.165, 1.54) is 27.9 Å². The second kappa shape index (κ2) is 9.49. The van der Waals surface area contributed by atoms with Crippen LogP contribution in [0.4, 0.5) is 5.69 Å². The summed E-state index contributed by atoms with van der Waals surface area (Å²) in [5.74, 6) is 2.23. The Morgan fingerprint density at radius 1 is 1.06 bits per heavy atom. The van der Waals surface area contributed by atoms with Crippen LogP contribution in [-0.4, -0.2) is 7.11 Å². The smallest absolute Gasteiger partial charge is 0.175 e. The lowest BCUT2D eigenvalue weighted by Crippen LogP contribution is -2.29. The van der Waals surface area contributed by atoms with Gasteiger partial charge in [0.1, 0.15) is 6.61 Å². The standard InChI is InChI=1S/C28H26BrCl2NO2/c1-15-7-9-21-19-5-4-6-20(19)27(32-26(21)16(15)2)18-12-22(29)28(25(13-18)33-3)34-14-17-8-10-23(30)24(31)11-17/h4-5,7-13,19-20,27,32H,6,14H2,1-3H3/t19-,20+,27+/m1/s1. The van der Waals surface area contributed by atoms with E-state index in [4.69, 9.17) is 32.7 Å². The Bertz CT molecular complexity index is 1290. The molecule has 5 rings (SSSR count). The summed E-state index contributed by atoms with van der Waals surface area (Å²) in [6.45, 7) is 4.73. The van der Waals surface area contributed by atoms with Gasteiger partial charge < -0.3 is 14.8 Å². The number of benzene rings is 3. The first-order valence-corrected chi connectivity index (χ1v) is 12.9. The normalized spacial score (nSPS) is 20.5. The van der Waals surface area contributed by atoms with Crippen LogP contribution in [0.3, 0.4) is 0 Å². The highest BCUT2D eigenvalue weighted by atomic mass is 79.9. The summed E-state index contributed by atoms with van der Waals surface area (Å²) >= 11 is 15.9. The summed E-state index contributed by atoms with van der Waals surface area (Å²) < 4.78 is 12.8. The van der Waals surface area contributed by atoms with Gasteiger partial charge in [0.05, 0.1) is 27.7 Å². The van der Waals surface area contributed by atoms with E-state index < -0.39 is 0 Å². The molecule has 3 nitrogen and oxygen atoms in total. The Morgan fingerprint density at radius 3 is 2.65 bits per heavy atom. The molecule has 2 aliphatic rings. The molecule has 1 aliphatic carbocycles. The first-order valence-electron chi connectivity index (χ1n) is 11.3. The Morgan fingerprint density at radius 2 is 1.88 bits per heavy atom. The summed E-state index contributed by atoms with van der Waals surface area (Å²) in [6, 6.07) is 14.4. The Hall–Kier alpha value is -2.14. The number of hydrogen-bond acceptors (Lipinski definition) is 3. The number of hydrogen-bond donors (Lipinski definition) is 1. The van der Waals surface area contributed by atoms with E-state index in [1.807, 2.05) is 12.1 Å². The molecule has 0 aromatic heterocycles. The van der Waals surface area contributed by atoms with E-state index in [1.54, 1.807) is 13.2 Å². The zero-order chi connectivity index (χ0) is 24.0. The van der Waals surface area contributed by atoms with Crippen molar-refractivity contribution < 1.29 is 9.47 Å². The third-order valence-electron chi connectivity index (χ3n) is 7.05. The number of fused-ring (bicyclic) bond motifs is 3. The molecule has 0 radical (unpaired) electrons. The molecule has 176 valence electrons. The van der Waals surface area contributed by atoms with Gasteiger partial charge in [0.25, 0.3) is 0 Å². The van der Waals surface area contributed by atoms with Gasteiger partial charge in [0.15, 0.2) is 11.5 Å². The maximum atomic E-state index is 6.16. The lowest BCUT2D eigenvalue weighted by atomic mass is 9.76. The lowest BCUT2D eigenvalue weighted by Gasteiger charge is -2.39. The van der Waals surface area contributed by atoms with Crippen molar-refractivity contribution in [1.82, 2.24) is 0 Å². The minimum absolute atomic E-state index is 0.169. The van der Waals surface area contributed by atoms with Crippen LogP contribution in [0.5, 0.6) is 11.5 Å². The van der Waals surface area contributed by atoms with Crippen LogP contribution in [0.15, 0.2) is 59.1 Å². The van der Waals surface area contributed by atoms with Gasteiger partial charge in [-0.3, -0.25) is 0 Å². The predicted octanol–water partition coefficient (Wildman–Crippen LogP) is 8.79. The molecule has 1 aliphatic heterocycles. The first kappa shape index (κ1) is 23.6. The minimum Gasteiger partial charge on any atom is -0.493 e. The highest BCUT2D eigenvalue weighted by Crippen LogP contribution is 2.52.